The first-order valence-electron chi connectivity index (χ1n) is 19.9. The summed E-state index contributed by atoms with van der Waals surface area (Å²) in [7, 11) is 4.65. The number of likely N-dealkylation sites (tertiary alicyclic amines) is 2. The van der Waals surface area contributed by atoms with Gasteiger partial charge in [0, 0.05) is 52.4 Å². The molecule has 2 aromatic rings. The van der Waals surface area contributed by atoms with Crippen molar-refractivity contribution in [3.8, 4) is 0 Å². The van der Waals surface area contributed by atoms with Gasteiger partial charge in [-0.2, -0.15) is 0 Å². The molecule has 14 nitrogen and oxygen atoms in total. The second-order valence-corrected chi connectivity index (χ2v) is 16.8. The first kappa shape index (κ1) is 45.6. The number of hydrogen-bond acceptors (Lipinski definition) is 9. The van der Waals surface area contributed by atoms with Crippen LogP contribution in [0.1, 0.15) is 83.3 Å². The Labute approximate surface area is 339 Å². The van der Waals surface area contributed by atoms with Crippen molar-refractivity contribution < 1.29 is 42.9 Å². The highest BCUT2D eigenvalue weighted by Gasteiger charge is 2.49. The fourth-order valence-corrected chi connectivity index (χ4v) is 8.88. The molecule has 0 unspecified atom stereocenters. The second kappa shape index (κ2) is 20.5. The molecule has 9 atom stereocenters. The van der Waals surface area contributed by atoms with Crippen LogP contribution in [0.4, 0.5) is 9.18 Å². The topological polar surface area (TPSA) is 171 Å². The van der Waals surface area contributed by atoms with Crippen LogP contribution in [0.2, 0.25) is 0 Å². The molecular formula is C41H61FN6O8S. The third kappa shape index (κ3) is 11.1. The molecule has 0 radical (unpaired) electrons. The lowest BCUT2D eigenvalue weighted by Gasteiger charge is -2.41. The molecule has 0 spiro atoms. The fraction of sp³-hybridized carbons (Fsp3) is 0.659. The van der Waals surface area contributed by atoms with Gasteiger partial charge >= 0.3 is 6.09 Å². The van der Waals surface area contributed by atoms with Crippen LogP contribution in [0.3, 0.4) is 0 Å². The summed E-state index contributed by atoms with van der Waals surface area (Å²) >= 11 is 1.48. The molecule has 0 saturated carbocycles. The van der Waals surface area contributed by atoms with E-state index in [1.165, 1.54) is 23.3 Å². The van der Waals surface area contributed by atoms with Gasteiger partial charge in [0.25, 0.3) is 5.91 Å². The fourth-order valence-electron chi connectivity index (χ4n) is 8.19. The summed E-state index contributed by atoms with van der Waals surface area (Å²) < 4.78 is 27.7. The van der Waals surface area contributed by atoms with Crippen LogP contribution < -0.4 is 10.6 Å². The van der Waals surface area contributed by atoms with Crippen molar-refractivity contribution in [3.63, 3.8) is 0 Å². The molecular weight excluding hydrogens is 756 g/mol. The molecule has 316 valence electrons. The van der Waals surface area contributed by atoms with Gasteiger partial charge in [-0.15, -0.1) is 11.3 Å². The summed E-state index contributed by atoms with van der Waals surface area (Å²) in [6, 6.07) is 7.46. The van der Waals surface area contributed by atoms with Gasteiger partial charge in [-0.05, 0) is 36.7 Å². The Bertz CT molecular complexity index is 1650. The van der Waals surface area contributed by atoms with E-state index in [9.17, 15) is 29.1 Å². The van der Waals surface area contributed by atoms with Gasteiger partial charge in [0.15, 0.2) is 0 Å². The lowest BCUT2D eigenvalue weighted by Crippen LogP contribution is -2.60. The van der Waals surface area contributed by atoms with Crippen molar-refractivity contribution in [1.29, 1.82) is 0 Å². The van der Waals surface area contributed by atoms with E-state index >= 15 is 4.39 Å². The van der Waals surface area contributed by atoms with E-state index < -0.39 is 66.2 Å². The number of benzene rings is 1. The van der Waals surface area contributed by atoms with Crippen molar-refractivity contribution >= 4 is 41.1 Å². The average molecular weight is 817 g/mol. The predicted octanol–water partition coefficient (Wildman–Crippen LogP) is 4.70. The minimum Gasteiger partial charge on any atom is -0.465 e. The molecule has 5 amide bonds. The molecule has 1 aromatic heterocycles. The summed E-state index contributed by atoms with van der Waals surface area (Å²) in [5.74, 6) is -3.10. The number of likely N-dealkylation sites (N-methyl/N-ethyl adjacent to an activating group) is 1. The third-order valence-corrected chi connectivity index (χ3v) is 12.6. The van der Waals surface area contributed by atoms with Gasteiger partial charge in [0.1, 0.15) is 11.0 Å². The average Bonchev–Trinajstić information content (AvgIpc) is 3.99. The van der Waals surface area contributed by atoms with Crippen LogP contribution in [0.25, 0.3) is 0 Å². The molecule has 2 saturated heterocycles. The monoisotopic (exact) mass is 816 g/mol. The van der Waals surface area contributed by atoms with Crippen LogP contribution >= 0.6 is 11.3 Å². The summed E-state index contributed by atoms with van der Waals surface area (Å²) in [5, 5.41) is 17.8. The van der Waals surface area contributed by atoms with Gasteiger partial charge < -0.3 is 39.9 Å². The van der Waals surface area contributed by atoms with Crippen molar-refractivity contribution in [2.24, 2.45) is 17.8 Å². The standard InChI is InChI=1S/C41H61FN6O8S/c1-9-26(4)34(46(6)38(51)33(25(2)3)45-39(52)41(42)17-20-47(24-41)40(53)54)31(55-7)23-32(49)48-19-13-16-30(48)35(56-8)27(5)36(50)44-29(37-43-18-21-57-37)22-28-14-11-10-12-15-28/h10-12,14-15,18,21,25-27,29-31,33-35H,9,13,16-17,19-20,22-24H2,1-8H3,(H,44,50)(H,45,52)(H,53,54)/t26-,27+,29-,30-,31-,33-,34-,35+,41-/m0/s1. The highest BCUT2D eigenvalue weighted by Crippen LogP contribution is 2.31. The molecule has 1 aromatic carbocycles. The zero-order chi connectivity index (χ0) is 42.0. The maximum absolute atomic E-state index is 15.7. The molecule has 57 heavy (non-hydrogen) atoms. The lowest BCUT2D eigenvalue weighted by molar-refractivity contribution is -0.148. The number of halogens is 1. The summed E-state index contributed by atoms with van der Waals surface area (Å²) in [4.78, 5) is 75.5. The molecule has 4 rings (SSSR count). The number of nitrogens with one attached hydrogen (secondary N) is 2. The number of carboxylic acid groups (broad SMARTS) is 1. The minimum absolute atomic E-state index is 0.0584. The zero-order valence-electron chi connectivity index (χ0n) is 34.5. The van der Waals surface area contributed by atoms with E-state index in [2.05, 4.69) is 15.6 Å². The molecule has 2 fully saturated rings. The smallest absolute Gasteiger partial charge is 0.407 e. The number of thiazole rings is 1. The van der Waals surface area contributed by atoms with Crippen LogP contribution in [0.5, 0.6) is 0 Å². The quantitative estimate of drug-likeness (QED) is 0.182. The van der Waals surface area contributed by atoms with Crippen molar-refractivity contribution in [1.82, 2.24) is 30.3 Å². The number of amides is 5. The highest BCUT2D eigenvalue weighted by atomic mass is 32.1. The first-order valence-corrected chi connectivity index (χ1v) is 20.8. The Morgan fingerprint density at radius 3 is 2.33 bits per heavy atom. The summed E-state index contributed by atoms with van der Waals surface area (Å²) in [6.07, 6.45) is 1.27. The number of hydrogen-bond donors (Lipinski definition) is 3. The Morgan fingerprint density at radius 1 is 1.07 bits per heavy atom. The Morgan fingerprint density at radius 2 is 1.77 bits per heavy atom. The van der Waals surface area contributed by atoms with E-state index in [-0.39, 0.29) is 49.2 Å². The lowest BCUT2D eigenvalue weighted by atomic mass is 9.89. The maximum atomic E-state index is 15.7. The van der Waals surface area contributed by atoms with Crippen LogP contribution in [0, 0.1) is 17.8 Å². The SMILES string of the molecule is CC[C@H](C)[C@@H]([C@H](CC(=O)N1CCC[C@H]1[C@H](OC)[C@@H](C)C(=O)N[C@@H](Cc1ccccc1)c1nccs1)OC)N(C)C(=O)[C@@H](NC(=O)[C@]1(F)CCN(C(=O)O)C1)C(C)C. The van der Waals surface area contributed by atoms with Crippen molar-refractivity contribution in [2.45, 2.75) is 115 Å². The van der Waals surface area contributed by atoms with Gasteiger partial charge in [-0.3, -0.25) is 19.2 Å². The highest BCUT2D eigenvalue weighted by molar-refractivity contribution is 7.09. The largest absolute Gasteiger partial charge is 0.465 e. The van der Waals surface area contributed by atoms with Gasteiger partial charge in [-0.1, -0.05) is 71.4 Å². The number of nitrogens with zero attached hydrogens (tertiary/aromatic N) is 4. The van der Waals surface area contributed by atoms with E-state index in [0.29, 0.717) is 25.8 Å². The van der Waals surface area contributed by atoms with E-state index in [1.54, 1.807) is 39.1 Å². The number of methoxy groups -OCH3 is 2. The molecule has 3 N–H and O–H groups in total. The van der Waals surface area contributed by atoms with E-state index in [1.807, 2.05) is 56.5 Å². The van der Waals surface area contributed by atoms with Gasteiger partial charge in [-0.25, -0.2) is 14.2 Å². The Balaban J connectivity index is 1.47. The molecule has 0 aliphatic carbocycles. The molecule has 0 bridgehead atoms. The number of ether oxygens (including phenoxy) is 2. The van der Waals surface area contributed by atoms with Crippen molar-refractivity contribution in [3.05, 3.63) is 52.5 Å². The number of carbonyl (C=O) groups is 5. The van der Waals surface area contributed by atoms with E-state index in [0.717, 1.165) is 21.9 Å². The third-order valence-electron chi connectivity index (χ3n) is 11.7. The van der Waals surface area contributed by atoms with Crippen LogP contribution in [-0.2, 0) is 35.1 Å². The van der Waals surface area contributed by atoms with Crippen LogP contribution in [0.15, 0.2) is 41.9 Å². The Kier molecular flexibility index (Phi) is 16.4. The zero-order valence-corrected chi connectivity index (χ0v) is 35.3. The number of aromatic nitrogens is 1. The van der Waals surface area contributed by atoms with E-state index in [4.69, 9.17) is 9.47 Å². The molecule has 3 heterocycles. The Hall–Kier alpha value is -4.15. The number of alkyl halides is 1. The normalized spacial score (nSPS) is 22.0. The number of rotatable bonds is 19. The predicted molar refractivity (Wildman–Crippen MR) is 214 cm³/mol. The maximum Gasteiger partial charge on any atom is 0.407 e. The second-order valence-electron chi connectivity index (χ2n) is 15.8. The number of carbonyl (C=O) groups excluding carboxylic acids is 4. The molecule has 2 aliphatic heterocycles. The molecule has 2 aliphatic rings. The molecule has 16 heteroatoms. The van der Waals surface area contributed by atoms with Gasteiger partial charge in [0.2, 0.25) is 23.4 Å². The van der Waals surface area contributed by atoms with Gasteiger partial charge in [0.05, 0.1) is 49.2 Å². The summed E-state index contributed by atoms with van der Waals surface area (Å²) in [6.45, 7) is 8.94. The minimum atomic E-state index is -2.46. The first-order chi connectivity index (χ1) is 27.1. The van der Waals surface area contributed by atoms with Crippen LogP contribution in [-0.4, -0.2) is 131 Å². The summed E-state index contributed by atoms with van der Waals surface area (Å²) in [5.41, 5.74) is -1.40. The van der Waals surface area contributed by atoms with Crippen molar-refractivity contribution in [2.75, 3.05) is 40.9 Å².